The molecule has 0 bridgehead atoms. The van der Waals surface area contributed by atoms with E-state index < -0.39 is 0 Å². The third-order valence-corrected chi connectivity index (χ3v) is 5.41. The molecule has 2 aromatic heterocycles. The molecule has 0 unspecified atom stereocenters. The average molecular weight is 426 g/mol. The molecule has 3 heterocycles. The van der Waals surface area contributed by atoms with Crippen LogP contribution in [-0.2, 0) is 0 Å². The van der Waals surface area contributed by atoms with E-state index in [0.717, 1.165) is 86.2 Å². The predicted molar refractivity (Wildman–Crippen MR) is 125 cm³/mol. The summed E-state index contributed by atoms with van der Waals surface area (Å²) < 4.78 is 0. The van der Waals surface area contributed by atoms with Gasteiger partial charge >= 0.3 is 0 Å². The fourth-order valence-electron chi connectivity index (χ4n) is 3.61. The number of unbranched alkanes of at least 4 members (excludes halogenated alkanes) is 1. The monoisotopic (exact) mass is 425 g/mol. The highest BCUT2D eigenvalue weighted by Gasteiger charge is 2.14. The van der Waals surface area contributed by atoms with Crippen LogP contribution < -0.4 is 20.9 Å². The number of fused-ring (bicyclic) bond motifs is 1. The first-order valence-corrected chi connectivity index (χ1v) is 10.9. The van der Waals surface area contributed by atoms with Gasteiger partial charge in [0.1, 0.15) is 5.82 Å². The summed E-state index contributed by atoms with van der Waals surface area (Å²) in [5.74, 6) is 1.73. The van der Waals surface area contributed by atoms with E-state index in [1.807, 2.05) is 43.5 Å². The van der Waals surface area contributed by atoms with Crippen molar-refractivity contribution in [2.75, 3.05) is 54.8 Å². The average Bonchev–Trinajstić information content (AvgIpc) is 2.76. The van der Waals surface area contributed by atoms with Crippen LogP contribution in [0.4, 0.5) is 17.5 Å². The number of piperazine rings is 1. The van der Waals surface area contributed by atoms with Gasteiger partial charge in [-0.25, -0.2) is 4.98 Å². The fourth-order valence-corrected chi connectivity index (χ4v) is 3.78. The second-order valence-electron chi connectivity index (χ2n) is 7.51. The number of hydrogen-bond donors (Lipinski definition) is 3. The molecule has 0 radical (unpaired) electrons. The summed E-state index contributed by atoms with van der Waals surface area (Å²) in [5.41, 5.74) is 3.00. The SMILES string of the molecule is Cc1cc(NCCCCNc2ccnc3cc(Cl)ccc23)nc(N2CCNCC2)n1. The van der Waals surface area contributed by atoms with Crippen molar-refractivity contribution in [2.24, 2.45) is 0 Å². The predicted octanol–water partition coefficient (Wildman–Crippen LogP) is 3.70. The van der Waals surface area contributed by atoms with Gasteiger partial charge in [0.2, 0.25) is 5.95 Å². The molecule has 0 saturated carbocycles. The van der Waals surface area contributed by atoms with E-state index in [-0.39, 0.29) is 0 Å². The number of nitrogens with zero attached hydrogens (tertiary/aromatic N) is 4. The number of benzene rings is 1. The van der Waals surface area contributed by atoms with Crippen molar-refractivity contribution >= 4 is 40.0 Å². The first kappa shape index (κ1) is 20.6. The van der Waals surface area contributed by atoms with E-state index in [1.165, 1.54) is 0 Å². The molecule has 3 aromatic rings. The van der Waals surface area contributed by atoms with Gasteiger partial charge in [-0.3, -0.25) is 4.98 Å². The maximum Gasteiger partial charge on any atom is 0.227 e. The van der Waals surface area contributed by atoms with Crippen LogP contribution in [0.2, 0.25) is 5.02 Å². The lowest BCUT2D eigenvalue weighted by Crippen LogP contribution is -2.44. The van der Waals surface area contributed by atoms with Crippen LogP contribution in [0, 0.1) is 6.92 Å². The lowest BCUT2D eigenvalue weighted by molar-refractivity contribution is 0.579. The van der Waals surface area contributed by atoms with Gasteiger partial charge in [0, 0.05) is 73.3 Å². The third kappa shape index (κ3) is 5.29. The molecule has 1 aliphatic rings. The summed E-state index contributed by atoms with van der Waals surface area (Å²) in [5, 5.41) is 12.1. The molecule has 0 atom stereocenters. The van der Waals surface area contributed by atoms with Gasteiger partial charge in [-0.15, -0.1) is 0 Å². The summed E-state index contributed by atoms with van der Waals surface area (Å²) in [4.78, 5) is 15.9. The molecular formula is C22H28ClN7. The minimum absolute atomic E-state index is 0.707. The van der Waals surface area contributed by atoms with E-state index in [2.05, 4.69) is 30.8 Å². The number of nitrogens with one attached hydrogen (secondary N) is 3. The van der Waals surface area contributed by atoms with Crippen molar-refractivity contribution in [1.82, 2.24) is 20.3 Å². The van der Waals surface area contributed by atoms with E-state index in [0.29, 0.717) is 5.02 Å². The van der Waals surface area contributed by atoms with Crippen molar-refractivity contribution < 1.29 is 0 Å². The lowest BCUT2D eigenvalue weighted by atomic mass is 10.2. The first-order valence-electron chi connectivity index (χ1n) is 10.5. The molecule has 1 aliphatic heterocycles. The van der Waals surface area contributed by atoms with Crippen molar-refractivity contribution in [1.29, 1.82) is 0 Å². The Balaban J connectivity index is 1.24. The van der Waals surface area contributed by atoms with Crippen molar-refractivity contribution in [3.8, 4) is 0 Å². The second-order valence-corrected chi connectivity index (χ2v) is 7.95. The molecule has 0 amide bonds. The van der Waals surface area contributed by atoms with Gasteiger partial charge in [0.15, 0.2) is 0 Å². The molecule has 0 aliphatic carbocycles. The van der Waals surface area contributed by atoms with Crippen LogP contribution in [-0.4, -0.2) is 54.2 Å². The van der Waals surface area contributed by atoms with Crippen LogP contribution in [0.3, 0.4) is 0 Å². The summed E-state index contributed by atoms with van der Waals surface area (Å²) in [6.45, 7) is 7.66. The Kier molecular flexibility index (Phi) is 6.81. The molecule has 1 aromatic carbocycles. The Morgan fingerprint density at radius 1 is 1.03 bits per heavy atom. The molecule has 7 nitrogen and oxygen atoms in total. The van der Waals surface area contributed by atoms with Gasteiger partial charge in [0.25, 0.3) is 0 Å². The van der Waals surface area contributed by atoms with E-state index in [4.69, 9.17) is 16.6 Å². The zero-order valence-electron chi connectivity index (χ0n) is 17.3. The standard InChI is InChI=1S/C22H28ClN7/c1-16-14-21(29-22(28-16)30-12-10-24-11-13-30)27-8-3-2-7-25-19-6-9-26-20-15-17(23)4-5-18(19)20/h4-6,9,14-15,24H,2-3,7-8,10-13H2,1H3,(H,25,26)(H,27,28,29). The number of halogens is 1. The van der Waals surface area contributed by atoms with E-state index in [1.54, 1.807) is 0 Å². The zero-order valence-corrected chi connectivity index (χ0v) is 18.0. The van der Waals surface area contributed by atoms with Crippen LogP contribution in [0.15, 0.2) is 36.5 Å². The Morgan fingerprint density at radius 2 is 1.83 bits per heavy atom. The molecular weight excluding hydrogens is 398 g/mol. The Hall–Kier alpha value is -2.64. The largest absolute Gasteiger partial charge is 0.384 e. The number of pyridine rings is 1. The molecule has 4 rings (SSSR count). The minimum Gasteiger partial charge on any atom is -0.384 e. The van der Waals surface area contributed by atoms with Crippen molar-refractivity contribution in [3.05, 3.63) is 47.2 Å². The summed E-state index contributed by atoms with van der Waals surface area (Å²) in [7, 11) is 0. The third-order valence-electron chi connectivity index (χ3n) is 5.17. The number of rotatable bonds is 8. The molecule has 1 fully saturated rings. The molecule has 158 valence electrons. The van der Waals surface area contributed by atoms with Crippen LogP contribution in [0.25, 0.3) is 10.9 Å². The lowest BCUT2D eigenvalue weighted by Gasteiger charge is -2.27. The topological polar surface area (TPSA) is 78.0 Å². The number of aromatic nitrogens is 3. The quantitative estimate of drug-likeness (QED) is 0.475. The maximum atomic E-state index is 6.06. The van der Waals surface area contributed by atoms with Gasteiger partial charge in [-0.2, -0.15) is 4.98 Å². The van der Waals surface area contributed by atoms with Crippen LogP contribution in [0.5, 0.6) is 0 Å². The van der Waals surface area contributed by atoms with E-state index >= 15 is 0 Å². The normalized spacial score (nSPS) is 14.1. The van der Waals surface area contributed by atoms with Crippen molar-refractivity contribution in [3.63, 3.8) is 0 Å². The Labute approximate surface area is 182 Å². The molecule has 8 heteroatoms. The van der Waals surface area contributed by atoms with Gasteiger partial charge in [0.05, 0.1) is 5.52 Å². The molecule has 30 heavy (non-hydrogen) atoms. The van der Waals surface area contributed by atoms with E-state index in [9.17, 15) is 0 Å². The summed E-state index contributed by atoms with van der Waals surface area (Å²) in [6.07, 6.45) is 3.92. The Bertz CT molecular complexity index is 988. The number of hydrogen-bond acceptors (Lipinski definition) is 7. The zero-order chi connectivity index (χ0) is 20.8. The number of anilines is 3. The molecule has 1 saturated heterocycles. The van der Waals surface area contributed by atoms with Crippen LogP contribution in [0.1, 0.15) is 18.5 Å². The summed E-state index contributed by atoms with van der Waals surface area (Å²) in [6, 6.07) is 9.83. The molecule has 3 N–H and O–H groups in total. The highest BCUT2D eigenvalue weighted by molar-refractivity contribution is 6.31. The maximum absolute atomic E-state index is 6.06. The minimum atomic E-state index is 0.707. The van der Waals surface area contributed by atoms with Gasteiger partial charge in [-0.1, -0.05) is 11.6 Å². The molecule has 0 spiro atoms. The van der Waals surface area contributed by atoms with Gasteiger partial charge in [-0.05, 0) is 44.0 Å². The number of aryl methyl sites for hydroxylation is 1. The second kappa shape index (κ2) is 9.91. The first-order chi connectivity index (χ1) is 14.7. The van der Waals surface area contributed by atoms with Crippen molar-refractivity contribution in [2.45, 2.75) is 19.8 Å². The highest BCUT2D eigenvalue weighted by Crippen LogP contribution is 2.24. The smallest absolute Gasteiger partial charge is 0.227 e. The summed E-state index contributed by atoms with van der Waals surface area (Å²) >= 11 is 6.06. The fraction of sp³-hybridized carbons (Fsp3) is 0.409. The Morgan fingerprint density at radius 3 is 2.67 bits per heavy atom. The highest BCUT2D eigenvalue weighted by atomic mass is 35.5. The van der Waals surface area contributed by atoms with Crippen LogP contribution >= 0.6 is 11.6 Å². The van der Waals surface area contributed by atoms with Gasteiger partial charge < -0.3 is 20.9 Å².